The van der Waals surface area contributed by atoms with Crippen LogP contribution in [0.15, 0.2) is 22.9 Å². The van der Waals surface area contributed by atoms with Gasteiger partial charge in [0.1, 0.15) is 0 Å². The molecule has 24 heavy (non-hydrogen) atoms. The van der Waals surface area contributed by atoms with Crippen LogP contribution in [-0.4, -0.2) is 53.5 Å². The van der Waals surface area contributed by atoms with Crippen molar-refractivity contribution in [2.75, 3.05) is 19.6 Å². The second-order valence-corrected chi connectivity index (χ2v) is 8.80. The molecule has 4 saturated heterocycles. The lowest BCUT2D eigenvalue weighted by Crippen LogP contribution is -2.69. The second kappa shape index (κ2) is 4.87. The van der Waals surface area contributed by atoms with Gasteiger partial charge in [-0.2, -0.15) is 0 Å². The number of hydrogen-bond donors (Lipinski definition) is 1. The van der Waals surface area contributed by atoms with E-state index in [0.717, 1.165) is 18.9 Å². The van der Waals surface area contributed by atoms with E-state index in [1.807, 2.05) is 0 Å². The molecule has 4 unspecified atom stereocenters. The maximum Gasteiger partial charge on any atom is 0.225 e. The van der Waals surface area contributed by atoms with Gasteiger partial charge >= 0.3 is 0 Å². The first-order valence-corrected chi connectivity index (χ1v) is 10.0. The molecule has 4 nitrogen and oxygen atoms in total. The summed E-state index contributed by atoms with van der Waals surface area (Å²) < 4.78 is 0. The predicted octanol–water partition coefficient (Wildman–Crippen LogP) is 2.04. The third kappa shape index (κ3) is 1.75. The Labute approximate surface area is 143 Å². The number of nitrogens with zero attached hydrogens (tertiary/aromatic N) is 2. The Balaban J connectivity index is 1.24. The summed E-state index contributed by atoms with van der Waals surface area (Å²) in [6.45, 7) is 3.82. The van der Waals surface area contributed by atoms with Gasteiger partial charge in [-0.05, 0) is 55.6 Å². The minimum absolute atomic E-state index is 0.304. The van der Waals surface area contributed by atoms with Crippen LogP contribution in [0.1, 0.15) is 44.9 Å². The molecular formula is C20H27N3O. The van der Waals surface area contributed by atoms with E-state index in [1.54, 1.807) is 16.8 Å². The monoisotopic (exact) mass is 325 g/mol. The van der Waals surface area contributed by atoms with Crippen LogP contribution in [0.4, 0.5) is 0 Å². The third-order valence-corrected chi connectivity index (χ3v) is 7.66. The molecular weight excluding hydrogens is 298 g/mol. The zero-order valence-electron chi connectivity index (χ0n) is 14.3. The number of fused-ring (bicyclic) bond motifs is 3. The molecule has 5 fully saturated rings. The average molecular weight is 325 g/mol. The number of carbonyl (C=O) groups is 1. The van der Waals surface area contributed by atoms with Crippen molar-refractivity contribution < 1.29 is 4.79 Å². The quantitative estimate of drug-likeness (QED) is 0.789. The molecule has 0 aromatic carbocycles. The summed E-state index contributed by atoms with van der Waals surface area (Å²) in [6, 6.07) is 1.71. The largest absolute Gasteiger partial charge is 0.365 e. The summed E-state index contributed by atoms with van der Waals surface area (Å²) in [5.41, 5.74) is 4.97. The molecule has 4 atom stereocenters. The number of amides is 1. The number of hydrogen-bond acceptors (Lipinski definition) is 3. The van der Waals surface area contributed by atoms with Crippen LogP contribution < -0.4 is 5.32 Å². The highest BCUT2D eigenvalue weighted by molar-refractivity contribution is 5.86. The minimum atomic E-state index is 0.304. The van der Waals surface area contributed by atoms with Crippen LogP contribution in [0.25, 0.3) is 0 Å². The minimum Gasteiger partial charge on any atom is -0.365 e. The van der Waals surface area contributed by atoms with Gasteiger partial charge in [-0.1, -0.05) is 12.5 Å². The summed E-state index contributed by atoms with van der Waals surface area (Å²) in [4.78, 5) is 17.1. The Morgan fingerprint density at radius 1 is 1.12 bits per heavy atom. The van der Waals surface area contributed by atoms with Crippen molar-refractivity contribution in [3.63, 3.8) is 0 Å². The van der Waals surface area contributed by atoms with E-state index in [0.29, 0.717) is 30.0 Å². The van der Waals surface area contributed by atoms with Gasteiger partial charge in [0.05, 0.1) is 18.0 Å². The van der Waals surface area contributed by atoms with Crippen molar-refractivity contribution in [3.05, 3.63) is 22.9 Å². The van der Waals surface area contributed by atoms with Crippen LogP contribution in [0, 0.1) is 11.8 Å². The number of nitrogens with one attached hydrogen (secondary N) is 1. The van der Waals surface area contributed by atoms with Crippen LogP contribution in [0.5, 0.6) is 0 Å². The van der Waals surface area contributed by atoms with Crippen molar-refractivity contribution in [2.45, 2.75) is 63.1 Å². The highest BCUT2D eigenvalue weighted by Crippen LogP contribution is 2.47. The normalized spacial score (nSPS) is 45.9. The molecule has 1 amide bonds. The molecule has 5 aliphatic heterocycles. The van der Waals surface area contributed by atoms with E-state index in [-0.39, 0.29) is 0 Å². The van der Waals surface area contributed by atoms with E-state index < -0.39 is 0 Å². The number of allylic oxidation sites excluding steroid dienone is 2. The summed E-state index contributed by atoms with van der Waals surface area (Å²) in [5, 5.41) is 3.20. The molecule has 0 spiro atoms. The SMILES string of the molecule is O=C1NC2C1CCCC2N1CC2=C1CCC=C2C1CCC2CN1C2. The first kappa shape index (κ1) is 13.9. The molecule has 1 N–H and O–H groups in total. The molecule has 7 rings (SSSR count). The van der Waals surface area contributed by atoms with Gasteiger partial charge in [-0.3, -0.25) is 9.69 Å². The summed E-state index contributed by atoms with van der Waals surface area (Å²) >= 11 is 0. The van der Waals surface area contributed by atoms with Gasteiger partial charge in [0.2, 0.25) is 5.91 Å². The fourth-order valence-electron chi connectivity index (χ4n) is 6.30. The zero-order chi connectivity index (χ0) is 15.8. The van der Waals surface area contributed by atoms with Crippen LogP contribution in [0.2, 0.25) is 0 Å². The number of β-lactam (4-membered cyclic amide) rings is 1. The number of piperidine rings is 2. The number of carbonyl (C=O) groups excluding carboxylic acids is 1. The van der Waals surface area contributed by atoms with Gasteiger partial charge in [-0.15, -0.1) is 0 Å². The average Bonchev–Trinajstić information content (AvgIpc) is 2.55. The molecule has 0 aromatic heterocycles. The van der Waals surface area contributed by atoms with Gasteiger partial charge < -0.3 is 10.2 Å². The summed E-state index contributed by atoms with van der Waals surface area (Å²) in [5.74, 6) is 1.61. The molecule has 4 heteroatoms. The van der Waals surface area contributed by atoms with E-state index in [4.69, 9.17) is 0 Å². The Kier molecular flexibility index (Phi) is 2.83. The summed E-state index contributed by atoms with van der Waals surface area (Å²) in [7, 11) is 0. The lowest BCUT2D eigenvalue weighted by atomic mass is 9.71. The van der Waals surface area contributed by atoms with E-state index in [9.17, 15) is 4.79 Å². The van der Waals surface area contributed by atoms with E-state index in [2.05, 4.69) is 21.2 Å². The fourth-order valence-corrected chi connectivity index (χ4v) is 6.30. The van der Waals surface area contributed by atoms with E-state index >= 15 is 0 Å². The van der Waals surface area contributed by atoms with Gasteiger partial charge in [0.15, 0.2) is 0 Å². The van der Waals surface area contributed by atoms with Crippen molar-refractivity contribution >= 4 is 5.91 Å². The molecule has 5 heterocycles. The maximum absolute atomic E-state index is 11.8. The van der Waals surface area contributed by atoms with Gasteiger partial charge in [0.25, 0.3) is 0 Å². The van der Waals surface area contributed by atoms with Crippen LogP contribution in [0.3, 0.4) is 0 Å². The first-order valence-electron chi connectivity index (χ1n) is 10.0. The molecule has 2 aliphatic carbocycles. The fraction of sp³-hybridized carbons (Fsp3) is 0.750. The Hall–Kier alpha value is -1.29. The molecule has 128 valence electrons. The van der Waals surface area contributed by atoms with Gasteiger partial charge in [0, 0.05) is 31.4 Å². The Morgan fingerprint density at radius 3 is 2.83 bits per heavy atom. The smallest absolute Gasteiger partial charge is 0.225 e. The third-order valence-electron chi connectivity index (χ3n) is 7.66. The highest BCUT2D eigenvalue weighted by Gasteiger charge is 2.51. The molecule has 2 bridgehead atoms. The Morgan fingerprint density at radius 2 is 2.04 bits per heavy atom. The zero-order valence-corrected chi connectivity index (χ0v) is 14.3. The van der Waals surface area contributed by atoms with Crippen LogP contribution >= 0.6 is 0 Å². The van der Waals surface area contributed by atoms with E-state index in [1.165, 1.54) is 51.6 Å². The number of rotatable bonds is 2. The second-order valence-electron chi connectivity index (χ2n) is 8.80. The Bertz CT molecular complexity index is 657. The highest BCUT2D eigenvalue weighted by atomic mass is 16.2. The molecule has 1 saturated carbocycles. The lowest BCUT2D eigenvalue weighted by Gasteiger charge is -2.57. The maximum atomic E-state index is 11.8. The van der Waals surface area contributed by atoms with Crippen molar-refractivity contribution in [3.8, 4) is 0 Å². The predicted molar refractivity (Wildman–Crippen MR) is 92.2 cm³/mol. The molecule has 7 aliphatic rings. The van der Waals surface area contributed by atoms with Crippen molar-refractivity contribution in [2.24, 2.45) is 11.8 Å². The summed E-state index contributed by atoms with van der Waals surface area (Å²) in [6.07, 6.45) is 11.4. The lowest BCUT2D eigenvalue weighted by molar-refractivity contribution is -0.140. The van der Waals surface area contributed by atoms with Crippen LogP contribution in [-0.2, 0) is 4.79 Å². The topological polar surface area (TPSA) is 35.6 Å². The van der Waals surface area contributed by atoms with Crippen molar-refractivity contribution in [1.82, 2.24) is 15.1 Å². The standard InChI is InChI=1S/C20H27N3O/c24-20-14-4-2-6-18(19(14)21-20)23-11-15-13(3-1-5-17(15)23)16-8-7-12-9-22(16)10-12/h3,12,14,16,18-19H,1-2,4-11H2,(H,21,24). The first-order chi connectivity index (χ1) is 11.8. The molecule has 0 aromatic rings. The van der Waals surface area contributed by atoms with Crippen molar-refractivity contribution in [1.29, 1.82) is 0 Å². The molecule has 0 radical (unpaired) electrons. The van der Waals surface area contributed by atoms with Gasteiger partial charge in [-0.25, -0.2) is 0 Å².